The highest BCUT2D eigenvalue weighted by molar-refractivity contribution is 7.99. The molecule has 0 saturated carbocycles. The normalized spacial score (nSPS) is 25.4. The Morgan fingerprint density at radius 1 is 1.06 bits per heavy atom. The van der Waals surface area contributed by atoms with Crippen molar-refractivity contribution in [2.45, 2.75) is 47.8 Å². The fourth-order valence-corrected chi connectivity index (χ4v) is 7.38. The highest BCUT2D eigenvalue weighted by Crippen LogP contribution is 2.67. The van der Waals surface area contributed by atoms with Gasteiger partial charge in [-0.2, -0.15) is 0 Å². The van der Waals surface area contributed by atoms with Crippen LogP contribution in [0, 0.1) is 23.7 Å². The number of amides is 1. The number of aliphatic hydroxyl groups is 2. The number of phenols is 1. The van der Waals surface area contributed by atoms with Crippen molar-refractivity contribution in [3.8, 4) is 29.4 Å². The van der Waals surface area contributed by atoms with E-state index in [0.717, 1.165) is 4.90 Å². The van der Waals surface area contributed by atoms with Crippen LogP contribution >= 0.6 is 11.8 Å². The summed E-state index contributed by atoms with van der Waals surface area (Å²) in [6, 6.07) is 14.7. The summed E-state index contributed by atoms with van der Waals surface area (Å²) in [5, 5.41) is 39.3. The Hall–Kier alpha value is -5.04. The zero-order chi connectivity index (χ0) is 32.9. The number of carbonyl (C=O) groups excluding carboxylic acids is 3. The van der Waals surface area contributed by atoms with E-state index in [0.29, 0.717) is 11.3 Å². The van der Waals surface area contributed by atoms with Crippen LogP contribution in [0.5, 0.6) is 5.75 Å². The van der Waals surface area contributed by atoms with Crippen molar-refractivity contribution in [2.24, 2.45) is 0 Å². The molecule has 7 rings (SSSR count). The highest BCUT2D eigenvalue weighted by Gasteiger charge is 2.82. The summed E-state index contributed by atoms with van der Waals surface area (Å²) in [5.74, 6) is 10.2. The Labute approximate surface area is 274 Å². The fraction of sp³-hybridized carbons (Fsp3) is 0.250. The number of benzene rings is 3. The van der Waals surface area contributed by atoms with Crippen LogP contribution in [0.25, 0.3) is 0 Å². The van der Waals surface area contributed by atoms with Gasteiger partial charge in [-0.25, -0.2) is 4.79 Å². The van der Waals surface area contributed by atoms with Crippen molar-refractivity contribution >= 4 is 35.1 Å². The number of rotatable bonds is 7. The predicted octanol–water partition coefficient (Wildman–Crippen LogP) is 3.26. The van der Waals surface area contributed by atoms with Gasteiger partial charge in [-0.05, 0) is 55.0 Å². The Balaban J connectivity index is 1.16. The van der Waals surface area contributed by atoms with E-state index < -0.39 is 52.9 Å². The maximum atomic E-state index is 14.1. The molecule has 2 aliphatic carbocycles. The van der Waals surface area contributed by atoms with Gasteiger partial charge in [-0.15, -0.1) is 11.8 Å². The van der Waals surface area contributed by atoms with Gasteiger partial charge in [-0.3, -0.25) is 9.59 Å². The average molecular weight is 649 g/mol. The molecule has 2 heterocycles. The van der Waals surface area contributed by atoms with Crippen LogP contribution < -0.4 is 10.6 Å². The zero-order valence-electron chi connectivity index (χ0n) is 25.0. The van der Waals surface area contributed by atoms with E-state index in [1.807, 2.05) is 30.3 Å². The van der Waals surface area contributed by atoms with Crippen LogP contribution in [0.15, 0.2) is 71.6 Å². The number of ether oxygens (including phenoxy) is 2. The van der Waals surface area contributed by atoms with E-state index in [4.69, 9.17) is 9.47 Å². The van der Waals surface area contributed by atoms with E-state index in [1.165, 1.54) is 37.3 Å². The summed E-state index contributed by atoms with van der Waals surface area (Å²) in [4.78, 5) is 41.4. The van der Waals surface area contributed by atoms with Crippen LogP contribution in [-0.4, -0.2) is 69.2 Å². The summed E-state index contributed by atoms with van der Waals surface area (Å²) >= 11 is 1.56. The molecule has 5 atom stereocenters. The van der Waals surface area contributed by atoms with Crippen LogP contribution in [-0.2, 0) is 21.6 Å². The van der Waals surface area contributed by atoms with Crippen LogP contribution in [0.2, 0.25) is 0 Å². The van der Waals surface area contributed by atoms with Crippen molar-refractivity contribution in [3.63, 3.8) is 0 Å². The predicted molar refractivity (Wildman–Crippen MR) is 172 cm³/mol. The lowest BCUT2D eigenvalue weighted by Crippen LogP contribution is -2.54. The highest BCUT2D eigenvalue weighted by atomic mass is 32.2. The number of alkyl carbamates (subject to hydrolysis) is 1. The number of aliphatic hydroxyl groups excluding tert-OH is 2. The standard InChI is InChI=1S/C36H28N2O8S/c1-20(39)35-27-11-7-2-3-8-12-28(41)36(35,46-35)25-18-26(40)29-30(31(25)38-27)32(42)23-14-13-21(17-24(23)33(29)43)19-37-34(44)45-15-16-47-22-9-5-4-6-10-22/h2-6,9-10,13-14,17-18,20,27-28,38-41H,15-16,19H2,1H3,(H,37,44)/b3-2-/t20-,27+,28-,35+,36+/m1/s1. The first-order valence-corrected chi connectivity index (χ1v) is 15.9. The molecule has 10 nitrogen and oxygen atoms in total. The second kappa shape index (κ2) is 11.6. The number of anilines is 1. The molecule has 5 N–H and O–H groups in total. The van der Waals surface area contributed by atoms with Crippen molar-refractivity contribution < 1.29 is 39.2 Å². The Kier molecular flexibility index (Phi) is 7.58. The van der Waals surface area contributed by atoms with Crippen LogP contribution in [0.3, 0.4) is 0 Å². The minimum Gasteiger partial charge on any atom is -0.507 e. The third-order valence-corrected chi connectivity index (χ3v) is 9.77. The van der Waals surface area contributed by atoms with Crippen molar-refractivity contribution in [1.82, 2.24) is 5.32 Å². The molecule has 3 aromatic rings. The van der Waals surface area contributed by atoms with Gasteiger partial charge in [0.2, 0.25) is 0 Å². The minimum absolute atomic E-state index is 0.0407. The number of aromatic hydroxyl groups is 1. The van der Waals surface area contributed by atoms with Gasteiger partial charge in [0, 0.05) is 33.9 Å². The molecule has 0 spiro atoms. The quantitative estimate of drug-likeness (QED) is 0.0663. The largest absolute Gasteiger partial charge is 0.507 e. The molecule has 236 valence electrons. The van der Waals surface area contributed by atoms with Crippen molar-refractivity contribution in [1.29, 1.82) is 0 Å². The van der Waals surface area contributed by atoms with Gasteiger partial charge in [0.25, 0.3) is 0 Å². The molecule has 1 fully saturated rings. The summed E-state index contributed by atoms with van der Waals surface area (Å²) < 4.78 is 11.4. The Bertz CT molecular complexity index is 2000. The molecule has 0 radical (unpaired) electrons. The third-order valence-electron chi connectivity index (χ3n) is 8.79. The van der Waals surface area contributed by atoms with E-state index in [-0.39, 0.29) is 46.7 Å². The monoisotopic (exact) mass is 648 g/mol. The van der Waals surface area contributed by atoms with Gasteiger partial charge in [-0.1, -0.05) is 47.9 Å². The van der Waals surface area contributed by atoms with E-state index >= 15 is 0 Å². The lowest BCUT2D eigenvalue weighted by Gasteiger charge is -2.37. The second-order valence-electron chi connectivity index (χ2n) is 11.5. The van der Waals surface area contributed by atoms with E-state index in [1.54, 1.807) is 17.8 Å². The number of allylic oxidation sites excluding steroid dienone is 2. The molecule has 47 heavy (non-hydrogen) atoms. The number of nitrogens with one attached hydrogen (secondary N) is 2. The Morgan fingerprint density at radius 3 is 2.57 bits per heavy atom. The number of hydrogen-bond acceptors (Lipinski definition) is 10. The molecule has 0 unspecified atom stereocenters. The molecule has 2 bridgehead atoms. The van der Waals surface area contributed by atoms with Crippen molar-refractivity contribution in [3.05, 3.63) is 100 Å². The number of carbonyl (C=O) groups is 3. The third kappa shape index (κ3) is 4.79. The zero-order valence-corrected chi connectivity index (χ0v) is 25.8. The lowest BCUT2D eigenvalue weighted by molar-refractivity contribution is 0.0867. The number of ketones is 2. The molecule has 1 amide bonds. The number of fused-ring (bicyclic) bond motifs is 4. The summed E-state index contributed by atoms with van der Waals surface area (Å²) in [6.07, 6.45) is -0.256. The molecule has 1 saturated heterocycles. The number of hydrogen-bond donors (Lipinski definition) is 5. The topological polar surface area (TPSA) is 158 Å². The first-order valence-electron chi connectivity index (χ1n) is 14.9. The first kappa shape index (κ1) is 30.6. The lowest BCUT2D eigenvalue weighted by atomic mass is 9.69. The molecule has 2 aliphatic heterocycles. The molecular formula is C36H28N2O8S. The Morgan fingerprint density at radius 2 is 1.81 bits per heavy atom. The SMILES string of the molecule is C[C@@H](O)[C@@]12O[C@]13c1cc(O)c4c(c1N[C@H]2C#C/C=C\C#C[C@H]3O)C(=O)c1ccc(CNC(=O)OCCSc2ccccc2)cc1C4=O. The molecule has 11 heteroatoms. The van der Waals surface area contributed by atoms with Crippen LogP contribution in [0.4, 0.5) is 10.5 Å². The van der Waals surface area contributed by atoms with Gasteiger partial charge < -0.3 is 35.4 Å². The molecule has 0 aromatic heterocycles. The van der Waals surface area contributed by atoms with E-state index in [2.05, 4.69) is 34.3 Å². The van der Waals surface area contributed by atoms with Crippen molar-refractivity contribution in [2.75, 3.05) is 17.7 Å². The van der Waals surface area contributed by atoms with Gasteiger partial charge in [0.05, 0.1) is 22.9 Å². The minimum atomic E-state index is -1.64. The number of phenolic OH excluding ortho intramolecular Hbond substituents is 1. The average Bonchev–Trinajstić information content (AvgIpc) is 3.80. The first-order chi connectivity index (χ1) is 22.7. The second-order valence-corrected chi connectivity index (χ2v) is 12.6. The maximum absolute atomic E-state index is 14.1. The summed E-state index contributed by atoms with van der Waals surface area (Å²) in [5.41, 5.74) is -2.32. The molecule has 3 aromatic carbocycles. The summed E-state index contributed by atoms with van der Waals surface area (Å²) in [7, 11) is 0. The molecule has 4 aliphatic rings. The van der Waals surface area contributed by atoms with Crippen LogP contribution in [0.1, 0.15) is 49.9 Å². The summed E-state index contributed by atoms with van der Waals surface area (Å²) in [6.45, 7) is 1.75. The molecular weight excluding hydrogens is 620 g/mol. The number of epoxide rings is 1. The smallest absolute Gasteiger partial charge is 0.407 e. The fourth-order valence-electron chi connectivity index (χ4n) is 6.63. The van der Waals surface area contributed by atoms with E-state index in [9.17, 15) is 29.7 Å². The number of thioether (sulfide) groups is 1. The van der Waals surface area contributed by atoms with Gasteiger partial charge >= 0.3 is 6.09 Å². The maximum Gasteiger partial charge on any atom is 0.407 e. The van der Waals surface area contributed by atoms with Gasteiger partial charge in [0.15, 0.2) is 28.9 Å². The van der Waals surface area contributed by atoms with Gasteiger partial charge in [0.1, 0.15) is 18.4 Å².